The second-order valence-electron chi connectivity index (χ2n) is 10.5. The highest BCUT2D eigenvalue weighted by atomic mass is 32.2. The van der Waals surface area contributed by atoms with Gasteiger partial charge in [0, 0.05) is 47.9 Å². The van der Waals surface area contributed by atoms with E-state index in [9.17, 15) is 26.4 Å². The van der Waals surface area contributed by atoms with Gasteiger partial charge in [0.05, 0.1) is 24.1 Å². The molecule has 1 unspecified atom stereocenters. The monoisotopic (exact) mass is 639 g/mol. The van der Waals surface area contributed by atoms with E-state index in [0.717, 1.165) is 31.4 Å². The average Bonchev–Trinajstić information content (AvgIpc) is 3.69. The zero-order valence-corrected chi connectivity index (χ0v) is 24.4. The standard InChI is InChI=1S/C29H28F3N9O3S/c30-29(31,32)18-45(43,44)41-12-2-4-24(41)17-40-26-19(13-25(27(40)42)37-22-3-1-10-33-15-22)14-35-28(39-26)38-21-7-5-20(6-8-21)36-23-9-11-34-16-23/h1-8,10,12-15,23,34,36-37H,9,11,16-18H2,(H,35,38,39). The first-order valence-electron chi connectivity index (χ1n) is 13.9. The Bertz CT molecular complexity index is 1970. The Labute approximate surface area is 255 Å². The topological polar surface area (TPSA) is 148 Å². The highest BCUT2D eigenvalue weighted by Crippen LogP contribution is 2.24. The second kappa shape index (κ2) is 12.2. The van der Waals surface area contributed by atoms with Crippen LogP contribution in [0.25, 0.3) is 11.0 Å². The number of alkyl halides is 3. The summed E-state index contributed by atoms with van der Waals surface area (Å²) in [6.45, 7) is 1.47. The van der Waals surface area contributed by atoms with Crippen LogP contribution in [0, 0.1) is 0 Å². The molecule has 5 heterocycles. The van der Waals surface area contributed by atoms with Gasteiger partial charge in [-0.2, -0.15) is 18.2 Å². The largest absolute Gasteiger partial charge is 0.404 e. The molecule has 45 heavy (non-hydrogen) atoms. The van der Waals surface area contributed by atoms with Crippen LogP contribution in [0.4, 0.5) is 41.9 Å². The Balaban J connectivity index is 1.36. The summed E-state index contributed by atoms with van der Waals surface area (Å²) in [5.74, 6) is -1.90. The number of hydrogen-bond acceptors (Lipinski definition) is 10. The Kier molecular flexibility index (Phi) is 8.16. The molecular weight excluding hydrogens is 611 g/mol. The molecule has 1 saturated heterocycles. The van der Waals surface area contributed by atoms with E-state index in [-0.39, 0.29) is 23.0 Å². The van der Waals surface area contributed by atoms with Gasteiger partial charge >= 0.3 is 6.18 Å². The van der Waals surface area contributed by atoms with Crippen molar-refractivity contribution in [1.29, 1.82) is 0 Å². The van der Waals surface area contributed by atoms with Gasteiger partial charge in [-0.25, -0.2) is 17.4 Å². The number of nitrogens with zero attached hydrogens (tertiary/aromatic N) is 5. The quantitative estimate of drug-likeness (QED) is 0.177. The van der Waals surface area contributed by atoms with Gasteiger partial charge in [-0.15, -0.1) is 0 Å². The van der Waals surface area contributed by atoms with Crippen molar-refractivity contribution in [3.63, 3.8) is 0 Å². The number of rotatable bonds is 10. The summed E-state index contributed by atoms with van der Waals surface area (Å²) in [4.78, 5) is 26.8. The summed E-state index contributed by atoms with van der Waals surface area (Å²) in [6, 6.07) is 15.5. The molecule has 0 saturated carbocycles. The first-order chi connectivity index (χ1) is 21.5. The lowest BCUT2D eigenvalue weighted by Gasteiger charge is -2.16. The van der Waals surface area contributed by atoms with Gasteiger partial charge in [0.1, 0.15) is 11.3 Å². The molecule has 4 N–H and O–H groups in total. The van der Waals surface area contributed by atoms with Crippen molar-refractivity contribution in [1.82, 2.24) is 28.8 Å². The van der Waals surface area contributed by atoms with Crippen LogP contribution in [0.3, 0.4) is 0 Å². The molecule has 0 aliphatic carbocycles. The van der Waals surface area contributed by atoms with Crippen LogP contribution >= 0.6 is 0 Å². The maximum absolute atomic E-state index is 13.8. The number of anilines is 5. The molecule has 0 radical (unpaired) electrons. The van der Waals surface area contributed by atoms with E-state index in [0.29, 0.717) is 26.8 Å². The fraction of sp³-hybridized carbons (Fsp3) is 0.241. The van der Waals surface area contributed by atoms with Crippen LogP contribution in [0.1, 0.15) is 12.1 Å². The SMILES string of the molecule is O=c1c(Nc2cccnc2)cc2cnc(Nc3ccc(NC4CCNC4)cc3)nc2n1Cc1cccn1S(=O)(=O)CC(F)(F)F. The molecule has 0 amide bonds. The van der Waals surface area contributed by atoms with Gasteiger partial charge in [-0.05, 0) is 67.6 Å². The third kappa shape index (κ3) is 7.07. The number of benzene rings is 1. The molecule has 1 atom stereocenters. The maximum Gasteiger partial charge on any atom is 0.404 e. The maximum atomic E-state index is 13.8. The lowest BCUT2D eigenvalue weighted by Crippen LogP contribution is -2.30. The van der Waals surface area contributed by atoms with Crippen LogP contribution in [-0.4, -0.2) is 63.0 Å². The molecule has 1 aliphatic heterocycles. The van der Waals surface area contributed by atoms with Gasteiger partial charge in [-0.1, -0.05) is 0 Å². The van der Waals surface area contributed by atoms with Crippen molar-refractivity contribution in [2.75, 3.05) is 34.8 Å². The van der Waals surface area contributed by atoms with E-state index in [2.05, 4.69) is 36.2 Å². The predicted octanol–water partition coefficient (Wildman–Crippen LogP) is 4.04. The number of nitrogens with one attached hydrogen (secondary N) is 4. The molecule has 0 bridgehead atoms. The normalized spacial score (nSPS) is 15.3. The van der Waals surface area contributed by atoms with Crippen LogP contribution in [-0.2, 0) is 16.6 Å². The number of aromatic nitrogens is 5. The summed E-state index contributed by atoms with van der Waals surface area (Å²) < 4.78 is 66.3. The second-order valence-corrected chi connectivity index (χ2v) is 12.3. The highest BCUT2D eigenvalue weighted by Gasteiger charge is 2.36. The Hall–Kier alpha value is -4.96. The number of halogens is 3. The van der Waals surface area contributed by atoms with Crippen molar-refractivity contribution in [2.24, 2.45) is 0 Å². The molecular formula is C29H28F3N9O3S. The van der Waals surface area contributed by atoms with E-state index in [1.165, 1.54) is 29.1 Å². The summed E-state index contributed by atoms with van der Waals surface area (Å²) in [5, 5.41) is 13.3. The first-order valence-corrected chi connectivity index (χ1v) is 15.5. The van der Waals surface area contributed by atoms with E-state index >= 15 is 0 Å². The van der Waals surface area contributed by atoms with Crippen LogP contribution in [0.2, 0.25) is 0 Å². The lowest BCUT2D eigenvalue weighted by molar-refractivity contribution is -0.106. The summed E-state index contributed by atoms with van der Waals surface area (Å²) >= 11 is 0. The van der Waals surface area contributed by atoms with Crippen molar-refractivity contribution in [3.05, 3.63) is 95.4 Å². The van der Waals surface area contributed by atoms with Crippen LogP contribution in [0.5, 0.6) is 0 Å². The molecule has 1 fully saturated rings. The molecule has 12 nitrogen and oxygen atoms in total. The zero-order valence-electron chi connectivity index (χ0n) is 23.6. The van der Waals surface area contributed by atoms with Gasteiger partial charge in [-0.3, -0.25) is 14.3 Å². The molecule has 1 aliphatic rings. The minimum Gasteiger partial charge on any atom is -0.381 e. The molecule has 1 aromatic carbocycles. The van der Waals surface area contributed by atoms with Crippen molar-refractivity contribution in [3.8, 4) is 0 Å². The Morgan fingerprint density at radius 3 is 2.51 bits per heavy atom. The molecule has 0 spiro atoms. The predicted molar refractivity (Wildman–Crippen MR) is 165 cm³/mol. The Morgan fingerprint density at radius 2 is 1.80 bits per heavy atom. The van der Waals surface area contributed by atoms with E-state index in [1.54, 1.807) is 24.4 Å². The summed E-state index contributed by atoms with van der Waals surface area (Å²) in [5.41, 5.74) is 1.75. The van der Waals surface area contributed by atoms with Crippen LogP contribution < -0.4 is 26.8 Å². The lowest BCUT2D eigenvalue weighted by atomic mass is 10.2. The molecule has 234 valence electrons. The fourth-order valence-corrected chi connectivity index (χ4v) is 6.36. The smallest absolute Gasteiger partial charge is 0.381 e. The first kappa shape index (κ1) is 30.1. The van der Waals surface area contributed by atoms with Gasteiger partial charge in [0.15, 0.2) is 5.75 Å². The van der Waals surface area contributed by atoms with E-state index in [4.69, 9.17) is 0 Å². The number of pyridine rings is 2. The molecule has 5 aromatic rings. The summed E-state index contributed by atoms with van der Waals surface area (Å²) in [7, 11) is -4.81. The van der Waals surface area contributed by atoms with Crippen molar-refractivity contribution in [2.45, 2.75) is 25.2 Å². The van der Waals surface area contributed by atoms with Crippen molar-refractivity contribution < 1.29 is 21.6 Å². The average molecular weight is 640 g/mol. The third-order valence-corrected chi connectivity index (χ3v) is 8.75. The minimum atomic E-state index is -4.95. The third-order valence-electron chi connectivity index (χ3n) is 7.10. The molecule has 4 aromatic heterocycles. The van der Waals surface area contributed by atoms with Gasteiger partial charge < -0.3 is 21.3 Å². The summed E-state index contributed by atoms with van der Waals surface area (Å²) in [6.07, 6.45) is 1.68. The minimum absolute atomic E-state index is 0.0603. The molecule has 16 heteroatoms. The molecule has 6 rings (SSSR count). The van der Waals surface area contributed by atoms with Crippen molar-refractivity contribution >= 4 is 49.8 Å². The zero-order chi connectivity index (χ0) is 31.6. The number of fused-ring (bicyclic) bond motifs is 1. The Morgan fingerprint density at radius 1 is 1.00 bits per heavy atom. The highest BCUT2D eigenvalue weighted by molar-refractivity contribution is 7.90. The fourth-order valence-electron chi connectivity index (χ4n) is 5.07. The van der Waals surface area contributed by atoms with Gasteiger partial charge in [0.2, 0.25) is 16.0 Å². The van der Waals surface area contributed by atoms with Gasteiger partial charge in [0.25, 0.3) is 5.56 Å². The van der Waals surface area contributed by atoms with Crippen LogP contribution in [0.15, 0.2) is 84.2 Å². The van der Waals surface area contributed by atoms with E-state index in [1.807, 2.05) is 24.3 Å². The van der Waals surface area contributed by atoms with E-state index < -0.39 is 34.1 Å². The number of hydrogen-bond donors (Lipinski definition) is 4.